The zero-order valence-electron chi connectivity index (χ0n) is 10.4. The zero-order chi connectivity index (χ0) is 11.4. The summed E-state index contributed by atoms with van der Waals surface area (Å²) in [4.78, 5) is 0. The van der Waals surface area contributed by atoms with E-state index in [0.717, 1.165) is 6.54 Å². The van der Waals surface area contributed by atoms with E-state index in [0.29, 0.717) is 12.1 Å². The average Bonchev–Trinajstić information content (AvgIpc) is 2.80. The summed E-state index contributed by atoms with van der Waals surface area (Å²) in [5, 5.41) is 7.94. The maximum absolute atomic E-state index is 4.52. The van der Waals surface area contributed by atoms with E-state index >= 15 is 0 Å². The van der Waals surface area contributed by atoms with Crippen molar-refractivity contribution in [3.8, 4) is 0 Å². The summed E-state index contributed by atoms with van der Waals surface area (Å²) in [6.45, 7) is 5.35. The lowest BCUT2D eigenvalue weighted by Gasteiger charge is -2.21. The highest BCUT2D eigenvalue weighted by Crippen LogP contribution is 2.28. The fraction of sp³-hybridized carbons (Fsp3) is 0.769. The molecule has 1 N–H and O–H groups in total. The largest absolute Gasteiger partial charge is 0.310 e. The molecular weight excluding hydrogens is 198 g/mol. The molecule has 0 radical (unpaired) electrons. The number of hydrogen-bond acceptors (Lipinski definition) is 2. The summed E-state index contributed by atoms with van der Waals surface area (Å²) in [5.74, 6) is 0. The molecule has 1 fully saturated rings. The lowest BCUT2D eigenvalue weighted by Crippen LogP contribution is -2.17. The molecule has 3 heteroatoms. The minimum Gasteiger partial charge on any atom is -0.310 e. The van der Waals surface area contributed by atoms with Gasteiger partial charge < -0.3 is 5.32 Å². The van der Waals surface area contributed by atoms with E-state index in [4.69, 9.17) is 0 Å². The molecule has 1 saturated carbocycles. The van der Waals surface area contributed by atoms with Crippen LogP contribution in [0.25, 0.3) is 0 Å². The molecule has 1 aliphatic rings. The van der Waals surface area contributed by atoms with Crippen LogP contribution in [-0.2, 0) is 0 Å². The van der Waals surface area contributed by atoms with Crippen molar-refractivity contribution in [2.24, 2.45) is 0 Å². The molecule has 0 spiro atoms. The van der Waals surface area contributed by atoms with Crippen LogP contribution in [0.15, 0.2) is 12.4 Å². The molecule has 0 aromatic carbocycles. The highest BCUT2D eigenvalue weighted by molar-refractivity contribution is 5.09. The molecular formula is C13H23N3. The fourth-order valence-electron chi connectivity index (χ4n) is 2.55. The van der Waals surface area contributed by atoms with E-state index in [2.05, 4.69) is 35.1 Å². The number of rotatable bonds is 4. The zero-order valence-corrected chi connectivity index (χ0v) is 10.4. The van der Waals surface area contributed by atoms with Gasteiger partial charge in [0, 0.05) is 17.8 Å². The first-order valence-electron chi connectivity index (χ1n) is 6.58. The molecule has 1 heterocycles. The van der Waals surface area contributed by atoms with Gasteiger partial charge in [0.05, 0.1) is 12.2 Å². The second kappa shape index (κ2) is 5.48. The first kappa shape index (κ1) is 11.6. The van der Waals surface area contributed by atoms with Gasteiger partial charge in [-0.15, -0.1) is 0 Å². The van der Waals surface area contributed by atoms with Crippen LogP contribution < -0.4 is 5.32 Å². The molecule has 1 unspecified atom stereocenters. The second-order valence-corrected chi connectivity index (χ2v) is 4.82. The quantitative estimate of drug-likeness (QED) is 0.847. The fourth-order valence-corrected chi connectivity index (χ4v) is 2.55. The van der Waals surface area contributed by atoms with Crippen molar-refractivity contribution in [3.05, 3.63) is 18.0 Å². The summed E-state index contributed by atoms with van der Waals surface area (Å²) in [5.41, 5.74) is 1.31. The molecule has 0 bridgehead atoms. The summed E-state index contributed by atoms with van der Waals surface area (Å²) in [6.07, 6.45) is 11.0. The van der Waals surface area contributed by atoms with E-state index < -0.39 is 0 Å². The van der Waals surface area contributed by atoms with E-state index in [1.54, 1.807) is 0 Å². The van der Waals surface area contributed by atoms with Crippen molar-refractivity contribution in [2.45, 2.75) is 58.0 Å². The smallest absolute Gasteiger partial charge is 0.0537 e. The normalized spacial score (nSPS) is 19.9. The Morgan fingerprint density at radius 1 is 1.44 bits per heavy atom. The van der Waals surface area contributed by atoms with Gasteiger partial charge in [-0.05, 0) is 26.3 Å². The second-order valence-electron chi connectivity index (χ2n) is 4.82. The molecule has 3 nitrogen and oxygen atoms in total. The molecule has 1 aromatic rings. The average molecular weight is 221 g/mol. The third-order valence-electron chi connectivity index (χ3n) is 3.58. The van der Waals surface area contributed by atoms with Gasteiger partial charge in [-0.3, -0.25) is 4.68 Å². The van der Waals surface area contributed by atoms with Crippen molar-refractivity contribution in [1.29, 1.82) is 0 Å². The third kappa shape index (κ3) is 2.64. The predicted molar refractivity (Wildman–Crippen MR) is 66.4 cm³/mol. The van der Waals surface area contributed by atoms with Crippen molar-refractivity contribution >= 4 is 0 Å². The lowest BCUT2D eigenvalue weighted by molar-refractivity contribution is 0.329. The first-order chi connectivity index (χ1) is 7.81. The highest BCUT2D eigenvalue weighted by atomic mass is 15.3. The Kier molecular flexibility index (Phi) is 3.99. The molecule has 1 atom stereocenters. The maximum atomic E-state index is 4.52. The first-order valence-corrected chi connectivity index (χ1v) is 6.58. The van der Waals surface area contributed by atoms with Crippen LogP contribution in [0.2, 0.25) is 0 Å². The van der Waals surface area contributed by atoms with Crippen molar-refractivity contribution in [3.63, 3.8) is 0 Å². The van der Waals surface area contributed by atoms with Gasteiger partial charge in [-0.2, -0.15) is 5.10 Å². The molecule has 0 aliphatic heterocycles. The minimum absolute atomic E-state index is 0.419. The summed E-state index contributed by atoms with van der Waals surface area (Å²) in [7, 11) is 0. The van der Waals surface area contributed by atoms with Crippen LogP contribution in [0.4, 0.5) is 0 Å². The minimum atomic E-state index is 0.419. The van der Waals surface area contributed by atoms with E-state index in [1.165, 1.54) is 37.7 Å². The molecule has 2 rings (SSSR count). The monoisotopic (exact) mass is 221 g/mol. The molecule has 1 aliphatic carbocycles. The van der Waals surface area contributed by atoms with Crippen molar-refractivity contribution in [2.75, 3.05) is 6.54 Å². The molecule has 1 aromatic heterocycles. The van der Waals surface area contributed by atoms with Crippen LogP contribution in [0.5, 0.6) is 0 Å². The maximum Gasteiger partial charge on any atom is 0.0537 e. The number of hydrogen-bond donors (Lipinski definition) is 1. The molecule has 0 saturated heterocycles. The van der Waals surface area contributed by atoms with Crippen LogP contribution in [0, 0.1) is 0 Å². The van der Waals surface area contributed by atoms with Gasteiger partial charge in [0.25, 0.3) is 0 Å². The SMILES string of the molecule is CCNC(C)c1cnn(C2CCCCC2)c1. The van der Waals surface area contributed by atoms with E-state index in [-0.39, 0.29) is 0 Å². The lowest BCUT2D eigenvalue weighted by atomic mass is 9.96. The standard InChI is InChI=1S/C13H23N3/c1-3-14-11(2)12-9-15-16(10-12)13-7-5-4-6-8-13/h9-11,13-14H,3-8H2,1-2H3. The predicted octanol–water partition coefficient (Wildman–Crippen LogP) is 3.06. The van der Waals surface area contributed by atoms with Gasteiger partial charge >= 0.3 is 0 Å². The van der Waals surface area contributed by atoms with Gasteiger partial charge in [-0.25, -0.2) is 0 Å². The summed E-state index contributed by atoms with van der Waals surface area (Å²) in [6, 6.07) is 1.07. The molecule has 0 amide bonds. The topological polar surface area (TPSA) is 29.9 Å². The van der Waals surface area contributed by atoms with Gasteiger partial charge in [0.2, 0.25) is 0 Å². The van der Waals surface area contributed by atoms with E-state index in [9.17, 15) is 0 Å². The Balaban J connectivity index is 2.00. The van der Waals surface area contributed by atoms with Crippen LogP contribution >= 0.6 is 0 Å². The number of nitrogens with zero attached hydrogens (tertiary/aromatic N) is 2. The molecule has 16 heavy (non-hydrogen) atoms. The van der Waals surface area contributed by atoms with Crippen LogP contribution in [-0.4, -0.2) is 16.3 Å². The Labute approximate surface area is 98.2 Å². The molecule has 90 valence electrons. The van der Waals surface area contributed by atoms with E-state index in [1.807, 2.05) is 6.20 Å². The van der Waals surface area contributed by atoms with Gasteiger partial charge in [0.1, 0.15) is 0 Å². The van der Waals surface area contributed by atoms with Gasteiger partial charge in [-0.1, -0.05) is 26.2 Å². The van der Waals surface area contributed by atoms with Crippen LogP contribution in [0.3, 0.4) is 0 Å². The van der Waals surface area contributed by atoms with Gasteiger partial charge in [0.15, 0.2) is 0 Å². The Morgan fingerprint density at radius 2 is 2.19 bits per heavy atom. The number of nitrogens with one attached hydrogen (secondary N) is 1. The highest BCUT2D eigenvalue weighted by Gasteiger charge is 2.16. The third-order valence-corrected chi connectivity index (χ3v) is 3.58. The van der Waals surface area contributed by atoms with Crippen molar-refractivity contribution < 1.29 is 0 Å². The van der Waals surface area contributed by atoms with Crippen LogP contribution in [0.1, 0.15) is 63.6 Å². The Morgan fingerprint density at radius 3 is 2.88 bits per heavy atom. The summed E-state index contributed by atoms with van der Waals surface area (Å²) < 4.78 is 2.18. The van der Waals surface area contributed by atoms with Crippen molar-refractivity contribution in [1.82, 2.24) is 15.1 Å². The Bertz CT molecular complexity index is 313. The number of aromatic nitrogens is 2. The summed E-state index contributed by atoms with van der Waals surface area (Å²) >= 11 is 0. The Hall–Kier alpha value is -0.830.